The standard InChI is InChI=1S/C24H25NOS/c1-20-12-14-23(15-13-20)18-27-19-24(26)25(16-21-8-4-2-5-9-21)17-22-10-6-3-7-11-22/h2-15H,16-19H2,1H3. The minimum Gasteiger partial charge on any atom is -0.333 e. The number of carbonyl (C=O) groups is 1. The van der Waals surface area contributed by atoms with Gasteiger partial charge < -0.3 is 4.90 Å². The van der Waals surface area contributed by atoms with Gasteiger partial charge in [-0.15, -0.1) is 11.8 Å². The maximum atomic E-state index is 12.9. The molecule has 0 N–H and O–H groups in total. The second-order valence-electron chi connectivity index (χ2n) is 6.70. The van der Waals surface area contributed by atoms with Gasteiger partial charge in [-0.05, 0) is 23.6 Å². The third-order valence-corrected chi connectivity index (χ3v) is 5.39. The molecule has 0 saturated heterocycles. The highest BCUT2D eigenvalue weighted by Gasteiger charge is 2.14. The van der Waals surface area contributed by atoms with E-state index < -0.39 is 0 Å². The summed E-state index contributed by atoms with van der Waals surface area (Å²) in [7, 11) is 0. The first-order valence-corrected chi connectivity index (χ1v) is 10.3. The number of rotatable bonds is 8. The zero-order chi connectivity index (χ0) is 18.9. The second kappa shape index (κ2) is 9.98. The van der Waals surface area contributed by atoms with Crippen LogP contribution in [0.2, 0.25) is 0 Å². The lowest BCUT2D eigenvalue weighted by Gasteiger charge is -2.23. The number of aryl methyl sites for hydroxylation is 1. The van der Waals surface area contributed by atoms with Crippen LogP contribution in [0.5, 0.6) is 0 Å². The number of nitrogens with zero attached hydrogens (tertiary/aromatic N) is 1. The van der Waals surface area contributed by atoms with Crippen molar-refractivity contribution < 1.29 is 4.79 Å². The lowest BCUT2D eigenvalue weighted by Crippen LogP contribution is -2.31. The van der Waals surface area contributed by atoms with Crippen LogP contribution in [0.15, 0.2) is 84.9 Å². The van der Waals surface area contributed by atoms with Crippen LogP contribution in [0.25, 0.3) is 0 Å². The Morgan fingerprint density at radius 1 is 0.741 bits per heavy atom. The van der Waals surface area contributed by atoms with Gasteiger partial charge in [0.15, 0.2) is 0 Å². The Kier molecular flexibility index (Phi) is 7.11. The third kappa shape index (κ3) is 6.30. The van der Waals surface area contributed by atoms with E-state index in [1.165, 1.54) is 11.1 Å². The van der Waals surface area contributed by atoms with Crippen molar-refractivity contribution in [3.8, 4) is 0 Å². The molecule has 2 nitrogen and oxygen atoms in total. The molecular formula is C24H25NOS. The molecule has 0 aliphatic heterocycles. The van der Waals surface area contributed by atoms with E-state index in [0.717, 1.165) is 16.9 Å². The zero-order valence-electron chi connectivity index (χ0n) is 15.7. The molecule has 0 spiro atoms. The lowest BCUT2D eigenvalue weighted by molar-refractivity contribution is -0.129. The molecule has 0 atom stereocenters. The quantitative estimate of drug-likeness (QED) is 0.521. The molecule has 0 unspecified atom stereocenters. The van der Waals surface area contributed by atoms with Crippen molar-refractivity contribution in [2.24, 2.45) is 0 Å². The monoisotopic (exact) mass is 375 g/mol. The highest BCUT2D eigenvalue weighted by Crippen LogP contribution is 2.16. The predicted octanol–water partition coefficient (Wildman–Crippen LogP) is 5.46. The summed E-state index contributed by atoms with van der Waals surface area (Å²) in [5, 5.41) is 0. The van der Waals surface area contributed by atoms with Gasteiger partial charge in [0.25, 0.3) is 0 Å². The van der Waals surface area contributed by atoms with Crippen LogP contribution in [0.3, 0.4) is 0 Å². The van der Waals surface area contributed by atoms with Gasteiger partial charge in [-0.1, -0.05) is 90.5 Å². The first-order chi connectivity index (χ1) is 13.2. The summed E-state index contributed by atoms with van der Waals surface area (Å²) in [6.07, 6.45) is 0. The Balaban J connectivity index is 1.61. The summed E-state index contributed by atoms with van der Waals surface area (Å²) in [5.74, 6) is 1.53. The molecule has 138 valence electrons. The summed E-state index contributed by atoms with van der Waals surface area (Å²) in [5.41, 5.74) is 4.84. The average Bonchev–Trinajstić information content (AvgIpc) is 2.70. The van der Waals surface area contributed by atoms with Crippen LogP contribution < -0.4 is 0 Å². The van der Waals surface area contributed by atoms with Crippen LogP contribution in [-0.4, -0.2) is 16.6 Å². The van der Waals surface area contributed by atoms with Gasteiger partial charge in [-0.2, -0.15) is 0 Å². The Bertz CT molecular complexity index is 790. The Morgan fingerprint density at radius 2 is 1.26 bits per heavy atom. The van der Waals surface area contributed by atoms with Gasteiger partial charge in [0.1, 0.15) is 0 Å². The largest absolute Gasteiger partial charge is 0.333 e. The van der Waals surface area contributed by atoms with Crippen LogP contribution >= 0.6 is 11.8 Å². The number of benzene rings is 3. The Morgan fingerprint density at radius 3 is 1.78 bits per heavy atom. The zero-order valence-corrected chi connectivity index (χ0v) is 16.5. The fourth-order valence-electron chi connectivity index (χ4n) is 2.87. The second-order valence-corrected chi connectivity index (χ2v) is 7.68. The van der Waals surface area contributed by atoms with Crippen molar-refractivity contribution in [3.63, 3.8) is 0 Å². The summed E-state index contributed by atoms with van der Waals surface area (Å²) in [6.45, 7) is 3.37. The predicted molar refractivity (Wildman–Crippen MR) is 114 cm³/mol. The molecule has 0 fully saturated rings. The molecule has 27 heavy (non-hydrogen) atoms. The molecule has 0 aliphatic rings. The topological polar surface area (TPSA) is 20.3 Å². The SMILES string of the molecule is Cc1ccc(CSCC(=O)N(Cc2ccccc2)Cc2ccccc2)cc1. The number of thioether (sulfide) groups is 1. The summed E-state index contributed by atoms with van der Waals surface area (Å²) >= 11 is 1.68. The fourth-order valence-corrected chi connectivity index (χ4v) is 3.76. The van der Waals surface area contributed by atoms with Crippen molar-refractivity contribution in [2.45, 2.75) is 25.8 Å². The van der Waals surface area contributed by atoms with Crippen LogP contribution in [0.1, 0.15) is 22.3 Å². The minimum absolute atomic E-state index is 0.180. The maximum Gasteiger partial charge on any atom is 0.233 e. The molecular weight excluding hydrogens is 350 g/mol. The van der Waals surface area contributed by atoms with Crippen LogP contribution in [0.4, 0.5) is 0 Å². The summed E-state index contributed by atoms with van der Waals surface area (Å²) in [6, 6.07) is 28.9. The summed E-state index contributed by atoms with van der Waals surface area (Å²) in [4.78, 5) is 14.9. The van der Waals surface area contributed by atoms with E-state index in [9.17, 15) is 4.79 Å². The molecule has 0 saturated carbocycles. The number of amides is 1. The Hall–Kier alpha value is -2.52. The van der Waals surface area contributed by atoms with Crippen molar-refractivity contribution >= 4 is 17.7 Å². The van der Waals surface area contributed by atoms with E-state index in [0.29, 0.717) is 18.8 Å². The Labute approximate surface area is 166 Å². The maximum absolute atomic E-state index is 12.9. The third-order valence-electron chi connectivity index (χ3n) is 4.40. The molecule has 0 radical (unpaired) electrons. The molecule has 3 aromatic rings. The van der Waals surface area contributed by atoms with Gasteiger partial charge in [-0.3, -0.25) is 4.79 Å². The van der Waals surface area contributed by atoms with Crippen molar-refractivity contribution in [1.29, 1.82) is 0 Å². The van der Waals surface area contributed by atoms with E-state index in [1.807, 2.05) is 41.3 Å². The normalized spacial score (nSPS) is 10.6. The number of carbonyl (C=O) groups excluding carboxylic acids is 1. The van der Waals surface area contributed by atoms with E-state index in [-0.39, 0.29) is 5.91 Å². The van der Waals surface area contributed by atoms with Gasteiger partial charge >= 0.3 is 0 Å². The first-order valence-electron chi connectivity index (χ1n) is 9.19. The van der Waals surface area contributed by atoms with Gasteiger partial charge in [0.05, 0.1) is 5.75 Å². The smallest absolute Gasteiger partial charge is 0.233 e. The molecule has 0 bridgehead atoms. The van der Waals surface area contributed by atoms with Crippen LogP contribution in [-0.2, 0) is 23.6 Å². The number of hydrogen-bond acceptors (Lipinski definition) is 2. The minimum atomic E-state index is 0.180. The molecule has 3 heteroatoms. The number of hydrogen-bond donors (Lipinski definition) is 0. The van der Waals surface area contributed by atoms with Crippen molar-refractivity contribution in [1.82, 2.24) is 4.90 Å². The highest BCUT2D eigenvalue weighted by molar-refractivity contribution is 7.99. The molecule has 3 aromatic carbocycles. The lowest BCUT2D eigenvalue weighted by atomic mass is 10.1. The van der Waals surface area contributed by atoms with Crippen molar-refractivity contribution in [2.75, 3.05) is 5.75 Å². The van der Waals surface area contributed by atoms with E-state index in [2.05, 4.69) is 55.5 Å². The fraction of sp³-hybridized carbons (Fsp3) is 0.208. The average molecular weight is 376 g/mol. The van der Waals surface area contributed by atoms with E-state index in [4.69, 9.17) is 0 Å². The van der Waals surface area contributed by atoms with Crippen LogP contribution in [0, 0.1) is 6.92 Å². The molecule has 0 aliphatic carbocycles. The highest BCUT2D eigenvalue weighted by atomic mass is 32.2. The first kappa shape index (κ1) is 19.2. The van der Waals surface area contributed by atoms with E-state index >= 15 is 0 Å². The molecule has 1 amide bonds. The summed E-state index contributed by atoms with van der Waals surface area (Å²) < 4.78 is 0. The van der Waals surface area contributed by atoms with Gasteiger partial charge in [-0.25, -0.2) is 0 Å². The van der Waals surface area contributed by atoms with Gasteiger partial charge in [0.2, 0.25) is 5.91 Å². The molecule has 3 rings (SSSR count). The molecule has 0 aromatic heterocycles. The van der Waals surface area contributed by atoms with E-state index in [1.54, 1.807) is 11.8 Å². The van der Waals surface area contributed by atoms with Gasteiger partial charge in [0, 0.05) is 18.8 Å². The van der Waals surface area contributed by atoms with Crippen molar-refractivity contribution in [3.05, 3.63) is 107 Å². The molecule has 0 heterocycles.